The van der Waals surface area contributed by atoms with Gasteiger partial charge in [0.2, 0.25) is 0 Å². The van der Waals surface area contributed by atoms with Crippen molar-refractivity contribution in [2.24, 2.45) is 0 Å². The molecule has 10 heteroatoms. The van der Waals surface area contributed by atoms with Crippen LogP contribution in [0.1, 0.15) is 13.3 Å². The molecule has 0 aliphatic carbocycles. The van der Waals surface area contributed by atoms with Crippen molar-refractivity contribution in [1.29, 1.82) is 0 Å². The predicted molar refractivity (Wildman–Crippen MR) is 129 cm³/mol. The molecule has 0 aromatic heterocycles. The van der Waals surface area contributed by atoms with Crippen LogP contribution in [0.5, 0.6) is 5.75 Å². The average Bonchev–Trinajstić information content (AvgIpc) is 2.74. The summed E-state index contributed by atoms with van der Waals surface area (Å²) in [6.45, 7) is 1.82. The third kappa shape index (κ3) is 6.29. The Hall–Kier alpha value is -2.45. The second kappa shape index (κ2) is 10.4. The van der Waals surface area contributed by atoms with E-state index in [9.17, 15) is 13.2 Å². The number of carbonyl (C=O) groups is 1. The highest BCUT2D eigenvalue weighted by Gasteiger charge is 2.20. The Balaban J connectivity index is 1.68. The van der Waals surface area contributed by atoms with E-state index in [0.29, 0.717) is 27.9 Å². The number of ether oxygens (including phenoxy) is 1. The topological polar surface area (TPSA) is 84.5 Å². The molecule has 3 rings (SSSR count). The van der Waals surface area contributed by atoms with E-state index in [2.05, 4.69) is 10.0 Å². The fourth-order valence-corrected chi connectivity index (χ4v) is 4.51. The number of hydrogen-bond acceptors (Lipinski definition) is 4. The van der Waals surface area contributed by atoms with Crippen molar-refractivity contribution in [3.8, 4) is 5.75 Å². The number of carbonyl (C=O) groups excluding carboxylic acids is 1. The monoisotopic (exact) mass is 512 g/mol. The lowest BCUT2D eigenvalue weighted by Crippen LogP contribution is -2.32. The van der Waals surface area contributed by atoms with E-state index in [1.807, 2.05) is 6.92 Å². The Labute approximate surface area is 201 Å². The summed E-state index contributed by atoms with van der Waals surface area (Å²) in [4.78, 5) is 12.6. The predicted octanol–water partition coefficient (Wildman–Crippen LogP) is 6.24. The first kappa shape index (κ1) is 24.2. The zero-order valence-corrected chi connectivity index (χ0v) is 19.9. The zero-order chi connectivity index (χ0) is 23.3. The van der Waals surface area contributed by atoms with Crippen LogP contribution in [0.4, 0.5) is 11.4 Å². The molecule has 0 fully saturated rings. The summed E-state index contributed by atoms with van der Waals surface area (Å²) in [7, 11) is -3.89. The van der Waals surface area contributed by atoms with Gasteiger partial charge in [0.05, 0.1) is 15.6 Å². The minimum absolute atomic E-state index is 0.00346. The molecule has 0 aliphatic rings. The van der Waals surface area contributed by atoms with E-state index in [0.717, 1.165) is 0 Å². The first-order chi connectivity index (χ1) is 15.2. The Morgan fingerprint density at radius 2 is 1.66 bits per heavy atom. The van der Waals surface area contributed by atoms with E-state index in [4.69, 9.17) is 39.5 Å². The van der Waals surface area contributed by atoms with Crippen LogP contribution < -0.4 is 14.8 Å². The van der Waals surface area contributed by atoms with Crippen LogP contribution in [0, 0.1) is 0 Å². The Morgan fingerprint density at radius 3 is 2.28 bits per heavy atom. The Morgan fingerprint density at radius 1 is 0.969 bits per heavy atom. The van der Waals surface area contributed by atoms with Gasteiger partial charge < -0.3 is 10.1 Å². The number of nitrogens with one attached hydrogen (secondary N) is 2. The summed E-state index contributed by atoms with van der Waals surface area (Å²) in [5.74, 6) is 0.113. The fourth-order valence-electron chi connectivity index (χ4n) is 2.74. The van der Waals surface area contributed by atoms with E-state index in [1.54, 1.807) is 24.3 Å². The van der Waals surface area contributed by atoms with E-state index < -0.39 is 16.1 Å². The number of halogens is 3. The van der Waals surface area contributed by atoms with Gasteiger partial charge in [-0.05, 0) is 67.1 Å². The number of sulfonamides is 1. The Kier molecular flexibility index (Phi) is 7.90. The van der Waals surface area contributed by atoms with Gasteiger partial charge in [-0.15, -0.1) is 0 Å². The molecule has 0 bridgehead atoms. The van der Waals surface area contributed by atoms with E-state index >= 15 is 0 Å². The molecule has 32 heavy (non-hydrogen) atoms. The van der Waals surface area contributed by atoms with E-state index in [-0.39, 0.29) is 21.5 Å². The van der Waals surface area contributed by atoms with Crippen LogP contribution >= 0.6 is 34.8 Å². The van der Waals surface area contributed by atoms with Gasteiger partial charge >= 0.3 is 0 Å². The highest BCUT2D eigenvalue weighted by Crippen LogP contribution is 2.28. The molecule has 0 saturated heterocycles. The number of amides is 1. The lowest BCUT2D eigenvalue weighted by Gasteiger charge is -2.17. The molecule has 168 valence electrons. The third-order valence-electron chi connectivity index (χ3n) is 4.35. The van der Waals surface area contributed by atoms with Gasteiger partial charge in [0.15, 0.2) is 6.10 Å². The van der Waals surface area contributed by atoms with Crippen molar-refractivity contribution >= 4 is 62.1 Å². The largest absolute Gasteiger partial charge is 0.481 e. The minimum atomic E-state index is -3.89. The van der Waals surface area contributed by atoms with Crippen LogP contribution in [-0.2, 0) is 14.8 Å². The molecule has 0 radical (unpaired) electrons. The van der Waals surface area contributed by atoms with Gasteiger partial charge in [-0.3, -0.25) is 9.52 Å². The molecule has 0 aliphatic heterocycles. The fraction of sp³-hybridized carbons (Fsp3) is 0.136. The lowest BCUT2D eigenvalue weighted by atomic mass is 10.2. The van der Waals surface area contributed by atoms with Crippen molar-refractivity contribution in [1.82, 2.24) is 0 Å². The summed E-state index contributed by atoms with van der Waals surface area (Å²) in [6.07, 6.45) is -0.318. The normalized spacial score (nSPS) is 12.1. The van der Waals surface area contributed by atoms with Gasteiger partial charge in [-0.1, -0.05) is 47.8 Å². The molecule has 0 heterocycles. The second-order valence-electron chi connectivity index (χ2n) is 6.72. The zero-order valence-electron chi connectivity index (χ0n) is 16.8. The van der Waals surface area contributed by atoms with Crippen LogP contribution in [0.2, 0.25) is 15.1 Å². The quantitative estimate of drug-likeness (QED) is 0.373. The molecule has 6 nitrogen and oxygen atoms in total. The SMILES string of the molecule is CCC(Oc1cccc(Cl)c1)C(=O)Nc1ccc(S(=O)(=O)Nc2ccc(Cl)cc2Cl)cc1. The van der Waals surface area contributed by atoms with Gasteiger partial charge in [-0.25, -0.2) is 8.42 Å². The molecule has 2 N–H and O–H groups in total. The van der Waals surface area contributed by atoms with Crippen LogP contribution in [-0.4, -0.2) is 20.4 Å². The molecular weight excluding hydrogens is 495 g/mol. The summed E-state index contributed by atoms with van der Waals surface area (Å²) in [6, 6.07) is 16.9. The highest BCUT2D eigenvalue weighted by molar-refractivity contribution is 7.92. The number of hydrogen-bond donors (Lipinski definition) is 2. The van der Waals surface area contributed by atoms with Gasteiger partial charge in [0, 0.05) is 15.7 Å². The van der Waals surface area contributed by atoms with Crippen molar-refractivity contribution in [3.05, 3.63) is 81.8 Å². The minimum Gasteiger partial charge on any atom is -0.481 e. The Bertz CT molecular complexity index is 1220. The first-order valence-electron chi connectivity index (χ1n) is 9.49. The van der Waals surface area contributed by atoms with Crippen molar-refractivity contribution in [2.75, 3.05) is 10.0 Å². The maximum atomic E-state index is 12.6. The molecular formula is C22H19Cl3N2O4S. The third-order valence-corrected chi connectivity index (χ3v) is 6.51. The average molecular weight is 514 g/mol. The summed E-state index contributed by atoms with van der Waals surface area (Å²) in [5.41, 5.74) is 0.629. The maximum Gasteiger partial charge on any atom is 0.265 e. The number of benzene rings is 3. The molecule has 3 aromatic rings. The molecule has 1 unspecified atom stereocenters. The highest BCUT2D eigenvalue weighted by atomic mass is 35.5. The van der Waals surface area contributed by atoms with Crippen molar-refractivity contribution < 1.29 is 17.9 Å². The summed E-state index contributed by atoms with van der Waals surface area (Å²) in [5, 5.41) is 3.79. The molecule has 3 aromatic carbocycles. The van der Waals surface area contributed by atoms with Gasteiger partial charge in [-0.2, -0.15) is 0 Å². The lowest BCUT2D eigenvalue weighted by molar-refractivity contribution is -0.122. The maximum absolute atomic E-state index is 12.6. The van der Waals surface area contributed by atoms with Crippen molar-refractivity contribution in [3.63, 3.8) is 0 Å². The molecule has 1 atom stereocenters. The first-order valence-corrected chi connectivity index (χ1v) is 12.1. The summed E-state index contributed by atoms with van der Waals surface area (Å²) >= 11 is 17.8. The van der Waals surface area contributed by atoms with Crippen LogP contribution in [0.25, 0.3) is 0 Å². The van der Waals surface area contributed by atoms with Crippen LogP contribution in [0.15, 0.2) is 71.6 Å². The number of rotatable bonds is 8. The standard InChI is InChI=1S/C22H19Cl3N2O4S/c1-2-21(31-17-5-3-4-14(23)12-17)22(28)26-16-7-9-18(10-8-16)32(29,30)27-20-11-6-15(24)13-19(20)25/h3-13,21,27H,2H2,1H3,(H,26,28). The van der Waals surface area contributed by atoms with Gasteiger partial charge in [0.25, 0.3) is 15.9 Å². The van der Waals surface area contributed by atoms with Crippen molar-refractivity contribution in [2.45, 2.75) is 24.3 Å². The molecule has 1 amide bonds. The smallest absolute Gasteiger partial charge is 0.265 e. The molecule has 0 saturated carbocycles. The van der Waals surface area contributed by atoms with Gasteiger partial charge in [0.1, 0.15) is 5.75 Å². The molecule has 0 spiro atoms. The second-order valence-corrected chi connectivity index (χ2v) is 9.68. The van der Waals surface area contributed by atoms with Crippen LogP contribution in [0.3, 0.4) is 0 Å². The number of anilines is 2. The summed E-state index contributed by atoms with van der Waals surface area (Å²) < 4.78 is 33.4. The van der Waals surface area contributed by atoms with E-state index in [1.165, 1.54) is 42.5 Å².